The maximum atomic E-state index is 13.9. The van der Waals surface area contributed by atoms with Crippen molar-refractivity contribution in [2.45, 2.75) is 25.1 Å². The van der Waals surface area contributed by atoms with E-state index in [1.54, 1.807) is 12.1 Å². The average molecular weight is 342 g/mol. The van der Waals surface area contributed by atoms with E-state index >= 15 is 0 Å². The molecule has 2 aliphatic heterocycles. The zero-order valence-corrected chi connectivity index (χ0v) is 14.3. The Kier molecular flexibility index (Phi) is 5.54. The fourth-order valence-electron chi connectivity index (χ4n) is 3.61. The minimum atomic E-state index is -0.391. The van der Waals surface area contributed by atoms with Crippen LogP contribution < -0.4 is 0 Å². The number of rotatable bonds is 3. The van der Waals surface area contributed by atoms with E-state index in [2.05, 4.69) is 21.7 Å². The van der Waals surface area contributed by atoms with Gasteiger partial charge in [-0.15, -0.1) is 0 Å². The van der Waals surface area contributed by atoms with Crippen LogP contribution in [0.4, 0.5) is 4.39 Å². The highest BCUT2D eigenvalue weighted by Gasteiger charge is 2.33. The molecule has 1 N–H and O–H groups in total. The monoisotopic (exact) mass is 341 g/mol. The first-order valence-electron chi connectivity index (χ1n) is 8.30. The van der Waals surface area contributed by atoms with Gasteiger partial charge in [-0.05, 0) is 25.6 Å². The van der Waals surface area contributed by atoms with Gasteiger partial charge in [-0.2, -0.15) is 0 Å². The first-order chi connectivity index (χ1) is 11.0. The highest BCUT2D eigenvalue weighted by molar-refractivity contribution is 6.31. The Morgan fingerprint density at radius 3 is 2.61 bits per heavy atom. The first-order valence-corrected chi connectivity index (χ1v) is 8.68. The molecule has 1 aromatic rings. The first kappa shape index (κ1) is 17.1. The zero-order valence-electron chi connectivity index (χ0n) is 13.6. The van der Waals surface area contributed by atoms with Crippen molar-refractivity contribution in [1.82, 2.24) is 14.7 Å². The molecule has 0 amide bonds. The topological polar surface area (TPSA) is 30.0 Å². The number of nitrogens with zero attached hydrogens (tertiary/aromatic N) is 3. The Morgan fingerprint density at radius 1 is 1.22 bits per heavy atom. The summed E-state index contributed by atoms with van der Waals surface area (Å²) < 4.78 is 13.9. The van der Waals surface area contributed by atoms with Gasteiger partial charge in [0, 0.05) is 62.4 Å². The number of piperazine rings is 1. The third-order valence-electron chi connectivity index (χ3n) is 5.08. The molecule has 1 aromatic carbocycles. The molecule has 128 valence electrons. The molecule has 0 unspecified atom stereocenters. The maximum absolute atomic E-state index is 13.9. The summed E-state index contributed by atoms with van der Waals surface area (Å²) in [5.41, 5.74) is 0.527. The Morgan fingerprint density at radius 2 is 1.96 bits per heavy atom. The van der Waals surface area contributed by atoms with Gasteiger partial charge in [0.05, 0.1) is 6.10 Å². The molecule has 3 rings (SSSR count). The van der Waals surface area contributed by atoms with E-state index in [9.17, 15) is 9.50 Å². The van der Waals surface area contributed by atoms with Crippen LogP contribution in [-0.2, 0) is 6.54 Å². The van der Waals surface area contributed by atoms with Crippen molar-refractivity contribution in [3.05, 3.63) is 34.6 Å². The Labute approximate surface area is 142 Å². The van der Waals surface area contributed by atoms with Gasteiger partial charge in [-0.1, -0.05) is 17.7 Å². The van der Waals surface area contributed by atoms with E-state index in [1.165, 1.54) is 6.07 Å². The Hall–Kier alpha value is -0.720. The molecule has 0 spiro atoms. The van der Waals surface area contributed by atoms with E-state index < -0.39 is 6.10 Å². The highest BCUT2D eigenvalue weighted by atomic mass is 35.5. The fourth-order valence-corrected chi connectivity index (χ4v) is 3.84. The third kappa shape index (κ3) is 4.03. The molecule has 23 heavy (non-hydrogen) atoms. The number of piperidine rings is 1. The number of β-amino-alcohol motifs (C(OH)–C–C–N with tert-alkyl or cyclic N) is 1. The third-order valence-corrected chi connectivity index (χ3v) is 5.43. The molecular formula is C17H25ClFN3O. The number of hydrogen-bond acceptors (Lipinski definition) is 4. The van der Waals surface area contributed by atoms with Crippen LogP contribution in [0.15, 0.2) is 18.2 Å². The molecule has 6 heteroatoms. The number of aliphatic hydroxyl groups is 1. The number of likely N-dealkylation sites (N-methyl/N-ethyl adjacent to an activating group) is 1. The summed E-state index contributed by atoms with van der Waals surface area (Å²) in [6.45, 7) is 6.02. The lowest BCUT2D eigenvalue weighted by Crippen LogP contribution is -2.58. The van der Waals surface area contributed by atoms with E-state index in [-0.39, 0.29) is 11.9 Å². The van der Waals surface area contributed by atoms with Crippen molar-refractivity contribution in [2.75, 3.05) is 46.3 Å². The van der Waals surface area contributed by atoms with Gasteiger partial charge in [-0.3, -0.25) is 9.80 Å². The largest absolute Gasteiger partial charge is 0.390 e. The summed E-state index contributed by atoms with van der Waals surface area (Å²) in [5, 5.41) is 11.0. The lowest BCUT2D eigenvalue weighted by molar-refractivity contribution is -0.0288. The lowest BCUT2D eigenvalue weighted by atomic mass is 9.98. The maximum Gasteiger partial charge on any atom is 0.129 e. The van der Waals surface area contributed by atoms with Crippen molar-refractivity contribution < 1.29 is 9.50 Å². The second kappa shape index (κ2) is 7.45. The minimum Gasteiger partial charge on any atom is -0.390 e. The summed E-state index contributed by atoms with van der Waals surface area (Å²) in [5.74, 6) is -0.270. The van der Waals surface area contributed by atoms with Crippen molar-refractivity contribution in [3.8, 4) is 0 Å². The van der Waals surface area contributed by atoms with Crippen LogP contribution in [0.2, 0.25) is 5.02 Å². The number of benzene rings is 1. The number of likely N-dealkylation sites (tertiary alicyclic amines) is 1. The average Bonchev–Trinajstić information content (AvgIpc) is 2.52. The molecule has 4 nitrogen and oxygen atoms in total. The molecule has 2 atom stereocenters. The molecule has 0 radical (unpaired) electrons. The summed E-state index contributed by atoms with van der Waals surface area (Å²) in [6.07, 6.45) is 0.523. The van der Waals surface area contributed by atoms with E-state index in [0.717, 1.165) is 39.1 Å². The normalized spacial score (nSPS) is 28.2. The van der Waals surface area contributed by atoms with Gasteiger partial charge in [0.25, 0.3) is 0 Å². The summed E-state index contributed by atoms with van der Waals surface area (Å²) in [4.78, 5) is 6.82. The second-order valence-corrected chi connectivity index (χ2v) is 7.11. The highest BCUT2D eigenvalue weighted by Crippen LogP contribution is 2.24. The fraction of sp³-hybridized carbons (Fsp3) is 0.647. The molecule has 0 bridgehead atoms. The van der Waals surface area contributed by atoms with E-state index in [0.29, 0.717) is 23.7 Å². The predicted molar refractivity (Wildman–Crippen MR) is 90.2 cm³/mol. The van der Waals surface area contributed by atoms with Crippen LogP contribution >= 0.6 is 11.6 Å². The standard InChI is InChI=1S/C17H25ClFN3O/c1-20-7-9-22(10-8-20)16-5-6-21(12-17(16)23)11-13-14(18)3-2-4-15(13)19/h2-4,16-17,23H,5-12H2,1H3/t16-,17-/m1/s1. The quantitative estimate of drug-likeness (QED) is 0.905. The minimum absolute atomic E-state index is 0.219. The number of halogens is 2. The van der Waals surface area contributed by atoms with Gasteiger partial charge in [0.2, 0.25) is 0 Å². The van der Waals surface area contributed by atoms with Crippen molar-refractivity contribution >= 4 is 11.6 Å². The van der Waals surface area contributed by atoms with Crippen LogP contribution in [0.3, 0.4) is 0 Å². The van der Waals surface area contributed by atoms with Crippen LogP contribution in [0.25, 0.3) is 0 Å². The summed E-state index contributed by atoms with van der Waals surface area (Å²) in [6, 6.07) is 4.99. The van der Waals surface area contributed by atoms with Gasteiger partial charge in [0.15, 0.2) is 0 Å². The van der Waals surface area contributed by atoms with Crippen molar-refractivity contribution in [1.29, 1.82) is 0 Å². The molecule has 2 aliphatic rings. The smallest absolute Gasteiger partial charge is 0.129 e. The zero-order chi connectivity index (χ0) is 16.4. The van der Waals surface area contributed by atoms with Gasteiger partial charge in [0.1, 0.15) is 5.82 Å². The number of hydrogen-bond donors (Lipinski definition) is 1. The van der Waals surface area contributed by atoms with Gasteiger partial charge in [-0.25, -0.2) is 4.39 Å². The molecule has 0 saturated carbocycles. The Bertz CT molecular complexity index is 516. The van der Waals surface area contributed by atoms with Crippen molar-refractivity contribution in [3.63, 3.8) is 0 Å². The predicted octanol–water partition coefficient (Wildman–Crippen LogP) is 1.66. The summed E-state index contributed by atoms with van der Waals surface area (Å²) in [7, 11) is 2.13. The van der Waals surface area contributed by atoms with Crippen LogP contribution in [-0.4, -0.2) is 78.3 Å². The van der Waals surface area contributed by atoms with E-state index in [1.807, 2.05) is 0 Å². The second-order valence-electron chi connectivity index (χ2n) is 6.70. The molecule has 2 heterocycles. The SMILES string of the molecule is CN1CCN([C@@H]2CCN(Cc3c(F)cccc3Cl)C[C@H]2O)CC1. The van der Waals surface area contributed by atoms with Crippen LogP contribution in [0.1, 0.15) is 12.0 Å². The molecule has 2 saturated heterocycles. The Balaban J connectivity index is 1.58. The van der Waals surface area contributed by atoms with Crippen LogP contribution in [0.5, 0.6) is 0 Å². The molecule has 0 aromatic heterocycles. The van der Waals surface area contributed by atoms with Gasteiger partial charge < -0.3 is 10.0 Å². The molecular weight excluding hydrogens is 317 g/mol. The van der Waals surface area contributed by atoms with Crippen LogP contribution in [0, 0.1) is 5.82 Å². The lowest BCUT2D eigenvalue weighted by Gasteiger charge is -2.44. The number of aliphatic hydroxyl groups excluding tert-OH is 1. The van der Waals surface area contributed by atoms with E-state index in [4.69, 9.17) is 11.6 Å². The van der Waals surface area contributed by atoms with Gasteiger partial charge >= 0.3 is 0 Å². The molecule has 0 aliphatic carbocycles. The molecule has 2 fully saturated rings. The van der Waals surface area contributed by atoms with Crippen molar-refractivity contribution in [2.24, 2.45) is 0 Å². The summed E-state index contributed by atoms with van der Waals surface area (Å²) >= 11 is 6.11.